The summed E-state index contributed by atoms with van der Waals surface area (Å²) >= 11 is 0. The first-order chi connectivity index (χ1) is 24.8. The van der Waals surface area contributed by atoms with E-state index in [1.165, 1.54) is 58.5 Å². The predicted molar refractivity (Wildman–Crippen MR) is 274 cm³/mol. The van der Waals surface area contributed by atoms with Crippen molar-refractivity contribution in [1.82, 2.24) is 24.5 Å². The molecule has 5 saturated heterocycles. The van der Waals surface area contributed by atoms with Crippen LogP contribution in [0, 0.1) is 22.7 Å². The number of hydrogen-bond donors (Lipinski definition) is 1. The third-order valence-corrected chi connectivity index (χ3v) is 12.4. The highest BCUT2D eigenvalue weighted by Crippen LogP contribution is 2.31. The predicted octanol–water partition coefficient (Wildman–Crippen LogP) is 11.5. The van der Waals surface area contributed by atoms with Crippen molar-refractivity contribution < 1.29 is 17.9 Å². The number of likely N-dealkylation sites (tertiary alicyclic amines) is 5. The van der Waals surface area contributed by atoms with Crippen LogP contribution in [0.4, 0.5) is 13.2 Å². The van der Waals surface area contributed by atoms with E-state index in [1.807, 2.05) is 6.92 Å². The normalized spacial score (nSPS) is 27.8. The maximum Gasteiger partial charge on any atom is 0.240 e. The van der Waals surface area contributed by atoms with Crippen LogP contribution in [-0.2, 0) is 4.74 Å². The van der Waals surface area contributed by atoms with Gasteiger partial charge in [-0.2, -0.15) is 27.0 Å². The van der Waals surface area contributed by atoms with Crippen molar-refractivity contribution in [1.29, 1.82) is 0 Å². The first kappa shape index (κ1) is 71.8. The Kier molecular flexibility index (Phi) is 40.3. The Morgan fingerprint density at radius 1 is 0.600 bits per heavy atom. The summed E-state index contributed by atoms with van der Waals surface area (Å²) in [6.07, 6.45) is 1.69. The Hall–Kier alpha value is 0.210. The van der Waals surface area contributed by atoms with Crippen molar-refractivity contribution in [3.63, 3.8) is 0 Å². The molecular formula is C48H111F3N6OS2. The molecule has 2 N–H and O–H groups in total. The van der Waals surface area contributed by atoms with E-state index in [0.717, 1.165) is 37.7 Å². The van der Waals surface area contributed by atoms with Gasteiger partial charge in [-0.3, -0.25) is 9.80 Å². The van der Waals surface area contributed by atoms with Crippen LogP contribution in [0.5, 0.6) is 0 Å². The molecule has 372 valence electrons. The lowest BCUT2D eigenvalue weighted by Crippen LogP contribution is -2.45. The van der Waals surface area contributed by atoms with Gasteiger partial charge in [-0.1, -0.05) is 64.3 Å². The maximum atomic E-state index is 12.9. The molecule has 5 fully saturated rings. The van der Waals surface area contributed by atoms with Gasteiger partial charge >= 0.3 is 0 Å². The van der Waals surface area contributed by atoms with Crippen molar-refractivity contribution >= 4 is 27.0 Å². The Bertz CT molecular complexity index is 997. The highest BCUT2D eigenvalue weighted by atomic mass is 32.1. The molecular weight excluding hydrogens is 798 g/mol. The summed E-state index contributed by atoms with van der Waals surface area (Å²) in [5.74, 6) is 1.18. The third kappa shape index (κ3) is 27.5. The van der Waals surface area contributed by atoms with Gasteiger partial charge in [0.15, 0.2) is 0 Å². The Balaban J connectivity index is -0.000000149. The lowest BCUT2D eigenvalue weighted by molar-refractivity contribution is 0.0929. The van der Waals surface area contributed by atoms with Gasteiger partial charge < -0.3 is 25.2 Å². The summed E-state index contributed by atoms with van der Waals surface area (Å²) in [6, 6.07) is 3.09. The van der Waals surface area contributed by atoms with Gasteiger partial charge in [0, 0.05) is 106 Å². The van der Waals surface area contributed by atoms with Gasteiger partial charge in [-0.05, 0) is 126 Å². The fraction of sp³-hybridized carbons (Fsp3) is 1.00. The summed E-state index contributed by atoms with van der Waals surface area (Å²) in [6.45, 7) is 44.9. The van der Waals surface area contributed by atoms with Crippen molar-refractivity contribution in [2.75, 3.05) is 79.2 Å². The maximum absolute atomic E-state index is 12.9. The number of nitrogens with two attached hydrogens (primary N) is 1. The van der Waals surface area contributed by atoms with Crippen LogP contribution in [0.15, 0.2) is 0 Å². The number of alkyl halides is 3. The van der Waals surface area contributed by atoms with Gasteiger partial charge in [-0.25, -0.2) is 13.2 Å². The molecule has 0 bridgehead atoms. The minimum Gasteiger partial charge on any atom is -0.384 e. The fourth-order valence-electron chi connectivity index (χ4n) is 8.23. The Morgan fingerprint density at radius 2 is 1.03 bits per heavy atom. The van der Waals surface area contributed by atoms with Crippen LogP contribution in [0.25, 0.3) is 0 Å². The summed E-state index contributed by atoms with van der Waals surface area (Å²) in [4.78, 5) is 12.0. The molecule has 0 aromatic carbocycles. The molecule has 60 heavy (non-hydrogen) atoms. The molecule has 0 radical (unpaired) electrons. The van der Waals surface area contributed by atoms with E-state index < -0.39 is 18.1 Å². The van der Waals surface area contributed by atoms with Crippen molar-refractivity contribution in [3.05, 3.63) is 0 Å². The van der Waals surface area contributed by atoms with E-state index in [2.05, 4.69) is 121 Å². The average Bonchev–Trinajstić information content (AvgIpc) is 3.88. The molecule has 5 rings (SSSR count). The topological polar surface area (TPSA) is 51.5 Å². The smallest absolute Gasteiger partial charge is 0.240 e. The summed E-state index contributed by atoms with van der Waals surface area (Å²) < 4.78 is 42.4. The van der Waals surface area contributed by atoms with E-state index in [0.29, 0.717) is 48.5 Å². The molecule has 0 saturated carbocycles. The zero-order valence-corrected chi connectivity index (χ0v) is 41.4. The number of nitrogens with zero attached hydrogens (tertiary/aromatic N) is 5. The largest absolute Gasteiger partial charge is 0.384 e. The van der Waals surface area contributed by atoms with Crippen LogP contribution in [-0.4, -0.2) is 152 Å². The van der Waals surface area contributed by atoms with Crippen LogP contribution in [0.2, 0.25) is 0 Å². The lowest BCUT2D eigenvalue weighted by Gasteiger charge is -2.26. The minimum atomic E-state index is -2.28. The first-order valence-electron chi connectivity index (χ1n) is 21.7. The third-order valence-electron chi connectivity index (χ3n) is 12.4. The Morgan fingerprint density at radius 3 is 1.30 bits per heavy atom. The highest BCUT2D eigenvalue weighted by molar-refractivity contribution is 7.59. The molecule has 5 atom stereocenters. The second-order valence-electron chi connectivity index (χ2n) is 20.3. The van der Waals surface area contributed by atoms with Crippen molar-refractivity contribution in [2.24, 2.45) is 28.4 Å². The molecule has 5 heterocycles. The molecule has 0 spiro atoms. The molecule has 5 aliphatic rings. The molecule has 0 aromatic rings. The minimum absolute atomic E-state index is 0. The molecule has 7 nitrogen and oxygen atoms in total. The van der Waals surface area contributed by atoms with Gasteiger partial charge in [0.05, 0.1) is 6.61 Å². The summed E-state index contributed by atoms with van der Waals surface area (Å²) in [7, 11) is 1.79. The molecule has 0 unspecified atom stereocenters. The van der Waals surface area contributed by atoms with Gasteiger partial charge in [0.1, 0.15) is 6.17 Å². The Labute approximate surface area is 389 Å². The van der Waals surface area contributed by atoms with Crippen molar-refractivity contribution in [3.8, 4) is 0 Å². The first-order valence-corrected chi connectivity index (χ1v) is 21.7. The number of methoxy groups -OCH3 is 1. The van der Waals surface area contributed by atoms with E-state index in [1.54, 1.807) is 7.11 Å². The van der Waals surface area contributed by atoms with E-state index in [-0.39, 0.29) is 69.0 Å². The second kappa shape index (κ2) is 33.7. The van der Waals surface area contributed by atoms with Gasteiger partial charge in [0.25, 0.3) is 0 Å². The van der Waals surface area contributed by atoms with Crippen molar-refractivity contribution in [2.45, 2.75) is 214 Å². The van der Waals surface area contributed by atoms with E-state index >= 15 is 0 Å². The quantitative estimate of drug-likeness (QED) is 0.247. The summed E-state index contributed by atoms with van der Waals surface area (Å²) in [5, 5.41) is 0. The number of ether oxygens (including phenoxy) is 1. The number of hydrogen-bond acceptors (Lipinski definition) is 7. The zero-order valence-electron chi connectivity index (χ0n) is 39.4. The number of halogens is 3. The van der Waals surface area contributed by atoms with Gasteiger partial charge in [0.2, 0.25) is 6.43 Å². The average molecular weight is 910 g/mol. The van der Waals surface area contributed by atoms with Gasteiger partial charge in [-0.15, -0.1) is 0 Å². The molecule has 0 amide bonds. The standard InChI is InChI=1S/C10H21NO.C9H18F2N2.C9H19N.C8H16FN.C8H17N.4CH4.2H2S/c1-9(2)11-6-5-10(3,7-11)8-12-4;1-7(2)13-4-3-9(12,6-13)5-8(10)11;1-8(2)10-6-5-9(3,4)7-10;1-6(2)10-4-7(3)8(9)5-10;1-7(2)9-5-4-8(3)6-9;;;;;;/h9H,5-8H2,1-4H3;7-8H,3-6,12H2,1-2H3;8H,5-7H2,1-4H3;6-8H,4-5H2,1-3H3;7-8H,4-6H2,1-3H3;4*1H4;2*1H2/t10-;9-;;7-,8-;8-;;;;;;/m11.10....../s1. The summed E-state index contributed by atoms with van der Waals surface area (Å²) in [5.41, 5.74) is 6.19. The molecule has 5 aliphatic heterocycles. The lowest BCUT2D eigenvalue weighted by atomic mass is 9.91. The van der Waals surface area contributed by atoms with E-state index in [9.17, 15) is 13.2 Å². The SMILES string of the molecule is C.C.C.C.CC(C)N1CCC(C)(C)C1.CC(C)N1CC[C@@](N)(CC(F)F)C1.CC(C)N1CC[C@H](C)C1.CC(C)N1C[C@@H](C)[C@H](F)C1.COC[C@]1(C)CCN(C(C)C)C1.S.S. The molecule has 0 aliphatic carbocycles. The van der Waals surface area contributed by atoms with Crippen LogP contribution < -0.4 is 5.73 Å². The molecule has 0 aromatic heterocycles. The second-order valence-corrected chi connectivity index (χ2v) is 20.3. The van der Waals surface area contributed by atoms with Crippen LogP contribution >= 0.6 is 27.0 Å². The van der Waals surface area contributed by atoms with Crippen LogP contribution in [0.1, 0.15) is 166 Å². The van der Waals surface area contributed by atoms with E-state index in [4.69, 9.17) is 10.5 Å². The number of rotatable bonds is 9. The fourth-order valence-corrected chi connectivity index (χ4v) is 8.23. The molecule has 12 heteroatoms. The van der Waals surface area contributed by atoms with Crippen LogP contribution in [0.3, 0.4) is 0 Å². The zero-order chi connectivity index (χ0) is 41.6. The monoisotopic (exact) mass is 909 g/mol. The highest BCUT2D eigenvalue weighted by Gasteiger charge is 2.38.